The molecule has 0 saturated heterocycles. The molecule has 2 aromatic carbocycles. The van der Waals surface area contributed by atoms with Gasteiger partial charge in [-0.25, -0.2) is 0 Å². The first kappa shape index (κ1) is 16.0. The molecule has 0 aromatic heterocycles. The minimum Gasteiger partial charge on any atom is -0.345 e. The van der Waals surface area contributed by atoms with Gasteiger partial charge in [-0.05, 0) is 36.3 Å². The second-order valence-electron chi connectivity index (χ2n) is 5.01. The number of hydrogen-bond acceptors (Lipinski definition) is 3. The molecule has 4 heteroatoms. The van der Waals surface area contributed by atoms with E-state index >= 15 is 0 Å². The van der Waals surface area contributed by atoms with Crippen molar-refractivity contribution in [1.29, 1.82) is 10.5 Å². The first-order valence-corrected chi connectivity index (χ1v) is 7.12. The summed E-state index contributed by atoms with van der Waals surface area (Å²) in [5.41, 5.74) is 2.22. The summed E-state index contributed by atoms with van der Waals surface area (Å²) in [4.78, 5) is 12.2. The van der Waals surface area contributed by atoms with Gasteiger partial charge in [0, 0.05) is 0 Å². The molecule has 0 saturated carbocycles. The summed E-state index contributed by atoms with van der Waals surface area (Å²) < 4.78 is 0. The van der Waals surface area contributed by atoms with Gasteiger partial charge in [-0.1, -0.05) is 42.5 Å². The van der Waals surface area contributed by atoms with E-state index in [1.165, 1.54) is 6.08 Å². The van der Waals surface area contributed by atoms with Crippen LogP contribution >= 0.6 is 0 Å². The zero-order valence-electron chi connectivity index (χ0n) is 12.7. The number of carbonyl (C=O) groups is 1. The van der Waals surface area contributed by atoms with Crippen molar-refractivity contribution in [3.8, 4) is 12.1 Å². The van der Waals surface area contributed by atoms with Crippen LogP contribution in [0.1, 0.15) is 29.7 Å². The normalized spacial score (nSPS) is 11.9. The summed E-state index contributed by atoms with van der Waals surface area (Å²) in [6.07, 6.45) is 1.51. The fourth-order valence-electron chi connectivity index (χ4n) is 2.07. The largest absolute Gasteiger partial charge is 0.345 e. The topological polar surface area (TPSA) is 76.7 Å². The molecule has 2 rings (SSSR count). The molecule has 0 aliphatic heterocycles. The Morgan fingerprint density at radius 1 is 1.09 bits per heavy atom. The highest BCUT2D eigenvalue weighted by Crippen LogP contribution is 2.13. The molecule has 0 heterocycles. The van der Waals surface area contributed by atoms with Crippen LogP contribution in [0.3, 0.4) is 0 Å². The number of hydrogen-bond donors (Lipinski definition) is 1. The van der Waals surface area contributed by atoms with Crippen LogP contribution in [0.15, 0.2) is 60.2 Å². The zero-order valence-corrected chi connectivity index (χ0v) is 12.7. The molecule has 0 unspecified atom stereocenters. The van der Waals surface area contributed by atoms with Crippen LogP contribution in [0.2, 0.25) is 0 Å². The maximum atomic E-state index is 12.2. The molecule has 0 spiro atoms. The van der Waals surface area contributed by atoms with Crippen molar-refractivity contribution in [3.05, 3.63) is 76.9 Å². The van der Waals surface area contributed by atoms with Crippen molar-refractivity contribution in [1.82, 2.24) is 5.32 Å². The Balaban J connectivity index is 2.13. The van der Waals surface area contributed by atoms with E-state index in [9.17, 15) is 10.1 Å². The average Bonchev–Trinajstić information content (AvgIpc) is 2.60. The molecule has 1 atom stereocenters. The third-order valence-electron chi connectivity index (χ3n) is 3.36. The number of nitrogens with one attached hydrogen (secondary N) is 1. The molecular formula is C19H15N3O. The molecule has 4 nitrogen and oxygen atoms in total. The first-order chi connectivity index (χ1) is 11.1. The van der Waals surface area contributed by atoms with Crippen molar-refractivity contribution in [2.45, 2.75) is 13.0 Å². The van der Waals surface area contributed by atoms with Crippen LogP contribution in [0.25, 0.3) is 6.08 Å². The Hall–Kier alpha value is -3.37. The number of carbonyl (C=O) groups excluding carboxylic acids is 1. The van der Waals surface area contributed by atoms with Crippen LogP contribution in [-0.2, 0) is 4.79 Å². The van der Waals surface area contributed by atoms with E-state index in [1.807, 2.05) is 49.4 Å². The van der Waals surface area contributed by atoms with Crippen molar-refractivity contribution in [2.75, 3.05) is 0 Å². The lowest BCUT2D eigenvalue weighted by molar-refractivity contribution is -0.117. The Morgan fingerprint density at radius 3 is 2.30 bits per heavy atom. The third kappa shape index (κ3) is 4.30. The van der Waals surface area contributed by atoms with Gasteiger partial charge < -0.3 is 5.32 Å². The van der Waals surface area contributed by atoms with E-state index < -0.39 is 5.91 Å². The highest BCUT2D eigenvalue weighted by atomic mass is 16.1. The number of rotatable bonds is 4. The molecule has 1 amide bonds. The van der Waals surface area contributed by atoms with Gasteiger partial charge in [0.2, 0.25) is 0 Å². The maximum Gasteiger partial charge on any atom is 0.262 e. The van der Waals surface area contributed by atoms with Crippen molar-refractivity contribution in [3.63, 3.8) is 0 Å². The Labute approximate surface area is 135 Å². The van der Waals surface area contributed by atoms with E-state index in [2.05, 4.69) is 5.32 Å². The van der Waals surface area contributed by atoms with E-state index in [-0.39, 0.29) is 11.6 Å². The lowest BCUT2D eigenvalue weighted by atomic mass is 10.1. The number of amides is 1. The van der Waals surface area contributed by atoms with Crippen LogP contribution < -0.4 is 5.32 Å². The van der Waals surface area contributed by atoms with Gasteiger partial charge >= 0.3 is 0 Å². The van der Waals surface area contributed by atoms with Crippen LogP contribution in [0.4, 0.5) is 0 Å². The van der Waals surface area contributed by atoms with Crippen molar-refractivity contribution >= 4 is 12.0 Å². The van der Waals surface area contributed by atoms with Gasteiger partial charge in [0.1, 0.15) is 11.6 Å². The molecule has 112 valence electrons. The molecule has 0 bridgehead atoms. The molecule has 1 N–H and O–H groups in total. The molecular weight excluding hydrogens is 286 g/mol. The number of benzene rings is 2. The molecule has 0 radical (unpaired) electrons. The van der Waals surface area contributed by atoms with E-state index in [0.29, 0.717) is 11.1 Å². The van der Waals surface area contributed by atoms with E-state index in [1.54, 1.807) is 24.3 Å². The SMILES string of the molecule is C[C@H](NC(=O)/C(C#N)=C\c1ccc(C#N)cc1)c1ccccc1. The Morgan fingerprint density at radius 2 is 1.74 bits per heavy atom. The standard InChI is InChI=1S/C19H15N3O/c1-14(17-5-3-2-4-6-17)22-19(23)18(13-21)11-15-7-9-16(12-20)10-8-15/h2-11,14H,1H3,(H,22,23)/b18-11-/t14-/m0/s1. The monoisotopic (exact) mass is 301 g/mol. The predicted octanol–water partition coefficient (Wildman–Crippen LogP) is 3.34. The second kappa shape index (κ2) is 7.59. The third-order valence-corrected chi connectivity index (χ3v) is 3.36. The highest BCUT2D eigenvalue weighted by molar-refractivity contribution is 6.01. The lowest BCUT2D eigenvalue weighted by Gasteiger charge is -2.13. The van der Waals surface area contributed by atoms with Crippen LogP contribution in [-0.4, -0.2) is 5.91 Å². The van der Waals surface area contributed by atoms with Gasteiger partial charge in [-0.15, -0.1) is 0 Å². The Kier molecular flexibility index (Phi) is 5.28. The van der Waals surface area contributed by atoms with Gasteiger partial charge in [0.15, 0.2) is 0 Å². The average molecular weight is 301 g/mol. The molecule has 0 fully saturated rings. The van der Waals surface area contributed by atoms with Crippen molar-refractivity contribution in [2.24, 2.45) is 0 Å². The zero-order chi connectivity index (χ0) is 16.7. The smallest absolute Gasteiger partial charge is 0.262 e. The Bertz CT molecular complexity index is 793. The summed E-state index contributed by atoms with van der Waals surface area (Å²) in [5.74, 6) is -0.423. The highest BCUT2D eigenvalue weighted by Gasteiger charge is 2.13. The lowest BCUT2D eigenvalue weighted by Crippen LogP contribution is -2.27. The molecule has 0 aliphatic rings. The first-order valence-electron chi connectivity index (χ1n) is 7.12. The number of nitrogens with zero attached hydrogens (tertiary/aromatic N) is 2. The van der Waals surface area contributed by atoms with E-state index in [4.69, 9.17) is 5.26 Å². The van der Waals surface area contributed by atoms with Gasteiger partial charge in [0.05, 0.1) is 17.7 Å². The summed E-state index contributed by atoms with van der Waals surface area (Å²) in [6.45, 7) is 1.87. The minimum absolute atomic E-state index is 0.0255. The summed E-state index contributed by atoms with van der Waals surface area (Å²) >= 11 is 0. The molecule has 23 heavy (non-hydrogen) atoms. The van der Waals surface area contributed by atoms with Crippen molar-refractivity contribution < 1.29 is 4.79 Å². The fourth-order valence-corrected chi connectivity index (χ4v) is 2.07. The fraction of sp³-hybridized carbons (Fsp3) is 0.105. The molecule has 0 aliphatic carbocycles. The molecule has 2 aromatic rings. The quantitative estimate of drug-likeness (QED) is 0.695. The minimum atomic E-state index is -0.423. The number of nitriles is 2. The van der Waals surface area contributed by atoms with Crippen LogP contribution in [0, 0.1) is 22.7 Å². The second-order valence-corrected chi connectivity index (χ2v) is 5.01. The predicted molar refractivity (Wildman–Crippen MR) is 87.7 cm³/mol. The maximum absolute atomic E-state index is 12.2. The summed E-state index contributed by atoms with van der Waals surface area (Å²) in [7, 11) is 0. The van der Waals surface area contributed by atoms with Gasteiger partial charge in [-0.3, -0.25) is 4.79 Å². The van der Waals surface area contributed by atoms with Crippen LogP contribution in [0.5, 0.6) is 0 Å². The van der Waals surface area contributed by atoms with Gasteiger partial charge in [-0.2, -0.15) is 10.5 Å². The van der Waals surface area contributed by atoms with Gasteiger partial charge in [0.25, 0.3) is 5.91 Å². The summed E-state index contributed by atoms with van der Waals surface area (Å²) in [6, 6.07) is 20.0. The summed E-state index contributed by atoms with van der Waals surface area (Å²) in [5, 5.41) is 20.8. The van der Waals surface area contributed by atoms with E-state index in [0.717, 1.165) is 5.56 Å².